The topological polar surface area (TPSA) is 63.9 Å². The first-order chi connectivity index (χ1) is 12.5. The van der Waals surface area contributed by atoms with Gasteiger partial charge < -0.3 is 4.90 Å². The molecule has 2 aromatic carbocycles. The highest BCUT2D eigenvalue weighted by Crippen LogP contribution is 2.20. The van der Waals surface area contributed by atoms with Gasteiger partial charge in [0.25, 0.3) is 0 Å². The van der Waals surface area contributed by atoms with Gasteiger partial charge in [-0.05, 0) is 52.4 Å². The number of hydrogen-bond donors (Lipinski definition) is 0. The molecule has 0 aliphatic carbocycles. The van der Waals surface area contributed by atoms with E-state index in [-0.39, 0.29) is 17.5 Å². The molecule has 0 unspecified atom stereocenters. The quantitative estimate of drug-likeness (QED) is 0.604. The van der Waals surface area contributed by atoms with Gasteiger partial charge in [0.2, 0.25) is 11.1 Å². The molecule has 134 valence electrons. The van der Waals surface area contributed by atoms with E-state index in [4.69, 9.17) is 11.6 Å². The second-order valence-electron chi connectivity index (χ2n) is 5.52. The standard InChI is InChI=1S/C17H15ClFN5OS/c1-23(10-12-3-2-4-14(19)9-12)16(25)11-26-17-20-21-22-24(17)15-7-5-13(18)6-8-15/h2-9H,10-11H2,1H3. The van der Waals surface area contributed by atoms with Crippen molar-refractivity contribution in [2.24, 2.45) is 0 Å². The molecule has 0 bridgehead atoms. The molecule has 0 aliphatic rings. The molecule has 0 fully saturated rings. The van der Waals surface area contributed by atoms with Crippen LogP contribution in [0.15, 0.2) is 53.7 Å². The van der Waals surface area contributed by atoms with Crippen molar-refractivity contribution in [2.75, 3.05) is 12.8 Å². The summed E-state index contributed by atoms with van der Waals surface area (Å²) in [5, 5.41) is 12.7. The van der Waals surface area contributed by atoms with Gasteiger partial charge in [0.1, 0.15) is 5.82 Å². The minimum atomic E-state index is -0.320. The molecule has 9 heteroatoms. The van der Waals surface area contributed by atoms with E-state index in [0.717, 1.165) is 11.3 Å². The summed E-state index contributed by atoms with van der Waals surface area (Å²) < 4.78 is 14.8. The Morgan fingerprint density at radius 2 is 2.04 bits per heavy atom. The summed E-state index contributed by atoms with van der Waals surface area (Å²) in [5.41, 5.74) is 1.49. The molecule has 0 saturated carbocycles. The number of rotatable bonds is 6. The molecule has 0 atom stereocenters. The maximum Gasteiger partial charge on any atom is 0.233 e. The zero-order chi connectivity index (χ0) is 18.5. The number of thioether (sulfide) groups is 1. The Hall–Kier alpha value is -2.45. The van der Waals surface area contributed by atoms with Crippen LogP contribution in [0, 0.1) is 5.82 Å². The van der Waals surface area contributed by atoms with Gasteiger partial charge in [-0.15, -0.1) is 5.10 Å². The van der Waals surface area contributed by atoms with Gasteiger partial charge in [0, 0.05) is 18.6 Å². The number of carbonyl (C=O) groups excluding carboxylic acids is 1. The fourth-order valence-electron chi connectivity index (χ4n) is 2.25. The Balaban J connectivity index is 1.61. The molecule has 3 aromatic rings. The van der Waals surface area contributed by atoms with Gasteiger partial charge in [-0.2, -0.15) is 4.68 Å². The minimum absolute atomic E-state index is 0.107. The van der Waals surface area contributed by atoms with Crippen LogP contribution in [0.2, 0.25) is 5.02 Å². The number of benzene rings is 2. The van der Waals surface area contributed by atoms with Gasteiger partial charge in [-0.25, -0.2) is 4.39 Å². The van der Waals surface area contributed by atoms with Crippen molar-refractivity contribution in [3.8, 4) is 5.69 Å². The van der Waals surface area contributed by atoms with Crippen LogP contribution in [0.3, 0.4) is 0 Å². The highest BCUT2D eigenvalue weighted by molar-refractivity contribution is 7.99. The predicted molar refractivity (Wildman–Crippen MR) is 97.8 cm³/mol. The van der Waals surface area contributed by atoms with Crippen LogP contribution in [-0.2, 0) is 11.3 Å². The van der Waals surface area contributed by atoms with E-state index >= 15 is 0 Å². The monoisotopic (exact) mass is 391 g/mol. The lowest BCUT2D eigenvalue weighted by Gasteiger charge is -2.17. The van der Waals surface area contributed by atoms with E-state index in [0.29, 0.717) is 16.7 Å². The number of hydrogen-bond acceptors (Lipinski definition) is 5. The first-order valence-corrected chi connectivity index (χ1v) is 9.05. The molecule has 1 aromatic heterocycles. The lowest BCUT2D eigenvalue weighted by Crippen LogP contribution is -2.28. The molecule has 1 heterocycles. The second kappa shape index (κ2) is 8.29. The average molecular weight is 392 g/mol. The van der Waals surface area contributed by atoms with Gasteiger partial charge >= 0.3 is 0 Å². The summed E-state index contributed by atoms with van der Waals surface area (Å²) in [6, 6.07) is 13.3. The molecule has 0 saturated heterocycles. The van der Waals surface area contributed by atoms with E-state index in [1.807, 2.05) is 0 Å². The Morgan fingerprint density at radius 1 is 1.27 bits per heavy atom. The van der Waals surface area contributed by atoms with Crippen molar-refractivity contribution >= 4 is 29.3 Å². The average Bonchev–Trinajstić information content (AvgIpc) is 3.09. The Morgan fingerprint density at radius 3 is 2.77 bits per heavy atom. The number of halogens is 2. The van der Waals surface area contributed by atoms with Crippen LogP contribution in [-0.4, -0.2) is 43.8 Å². The maximum absolute atomic E-state index is 13.2. The van der Waals surface area contributed by atoms with Gasteiger partial charge in [0.05, 0.1) is 11.4 Å². The highest BCUT2D eigenvalue weighted by atomic mass is 35.5. The first-order valence-electron chi connectivity index (χ1n) is 7.68. The summed E-state index contributed by atoms with van der Waals surface area (Å²) in [7, 11) is 1.68. The van der Waals surface area contributed by atoms with Crippen molar-refractivity contribution in [3.05, 3.63) is 64.9 Å². The lowest BCUT2D eigenvalue weighted by atomic mass is 10.2. The van der Waals surface area contributed by atoms with Gasteiger partial charge in [-0.3, -0.25) is 4.79 Å². The van der Waals surface area contributed by atoms with Crippen molar-refractivity contribution < 1.29 is 9.18 Å². The third-order valence-electron chi connectivity index (χ3n) is 3.57. The van der Waals surface area contributed by atoms with Crippen molar-refractivity contribution in [3.63, 3.8) is 0 Å². The molecule has 1 amide bonds. The highest BCUT2D eigenvalue weighted by Gasteiger charge is 2.14. The van der Waals surface area contributed by atoms with E-state index in [1.165, 1.54) is 28.8 Å². The minimum Gasteiger partial charge on any atom is -0.341 e. The van der Waals surface area contributed by atoms with E-state index < -0.39 is 0 Å². The zero-order valence-electron chi connectivity index (χ0n) is 13.8. The number of carbonyl (C=O) groups is 1. The van der Waals surface area contributed by atoms with Crippen molar-refractivity contribution in [2.45, 2.75) is 11.7 Å². The molecular formula is C17H15ClFN5OS. The summed E-state index contributed by atoms with van der Waals surface area (Å²) in [6.07, 6.45) is 0. The molecule has 0 N–H and O–H groups in total. The van der Waals surface area contributed by atoms with Crippen LogP contribution in [0.5, 0.6) is 0 Å². The van der Waals surface area contributed by atoms with E-state index in [1.54, 1.807) is 48.1 Å². The Kier molecular flexibility index (Phi) is 5.85. The fourth-order valence-corrected chi connectivity index (χ4v) is 3.20. The maximum atomic E-state index is 13.2. The fraction of sp³-hybridized carbons (Fsp3) is 0.176. The summed E-state index contributed by atoms with van der Waals surface area (Å²) in [5.74, 6) is -0.260. The number of nitrogens with zero attached hydrogens (tertiary/aromatic N) is 5. The number of tetrazole rings is 1. The smallest absolute Gasteiger partial charge is 0.233 e. The van der Waals surface area contributed by atoms with Gasteiger partial charge in [0.15, 0.2) is 0 Å². The van der Waals surface area contributed by atoms with Crippen LogP contribution in [0.4, 0.5) is 4.39 Å². The number of aromatic nitrogens is 4. The Bertz CT molecular complexity index is 902. The largest absolute Gasteiger partial charge is 0.341 e. The summed E-state index contributed by atoms with van der Waals surface area (Å²) in [4.78, 5) is 13.9. The van der Waals surface area contributed by atoms with Crippen molar-refractivity contribution in [1.82, 2.24) is 25.1 Å². The first kappa shape index (κ1) is 18.3. The molecule has 0 aliphatic heterocycles. The number of amides is 1. The third kappa shape index (κ3) is 4.59. The third-order valence-corrected chi connectivity index (χ3v) is 4.73. The summed E-state index contributed by atoms with van der Waals surface area (Å²) >= 11 is 7.12. The molecule has 6 nitrogen and oxygen atoms in total. The van der Waals surface area contributed by atoms with E-state index in [9.17, 15) is 9.18 Å². The van der Waals surface area contributed by atoms with Gasteiger partial charge in [-0.1, -0.05) is 35.5 Å². The van der Waals surface area contributed by atoms with Crippen molar-refractivity contribution in [1.29, 1.82) is 0 Å². The molecule has 3 rings (SSSR count). The normalized spacial score (nSPS) is 10.7. The van der Waals surface area contributed by atoms with Crippen LogP contribution in [0.1, 0.15) is 5.56 Å². The molecule has 0 radical (unpaired) electrons. The van der Waals surface area contributed by atoms with Crippen LogP contribution < -0.4 is 0 Å². The Labute approximate surface area is 159 Å². The van der Waals surface area contributed by atoms with Crippen LogP contribution >= 0.6 is 23.4 Å². The van der Waals surface area contributed by atoms with E-state index in [2.05, 4.69) is 15.5 Å². The predicted octanol–water partition coefficient (Wildman–Crippen LogP) is 3.21. The zero-order valence-corrected chi connectivity index (χ0v) is 15.4. The van der Waals surface area contributed by atoms with Crippen LogP contribution in [0.25, 0.3) is 5.69 Å². The SMILES string of the molecule is CN(Cc1cccc(F)c1)C(=O)CSc1nnnn1-c1ccc(Cl)cc1. The molecule has 26 heavy (non-hydrogen) atoms. The molecular weight excluding hydrogens is 377 g/mol. The lowest BCUT2D eigenvalue weighted by molar-refractivity contribution is -0.127. The molecule has 0 spiro atoms. The second-order valence-corrected chi connectivity index (χ2v) is 6.90. The summed E-state index contributed by atoms with van der Waals surface area (Å²) in [6.45, 7) is 0.333.